The third kappa shape index (κ3) is 5.76. The number of amides is 1. The number of carbonyl (C=O) groups excluding carboxylic acids is 1. The molecule has 0 fully saturated rings. The van der Waals surface area contributed by atoms with Gasteiger partial charge in [0, 0.05) is 35.8 Å². The summed E-state index contributed by atoms with van der Waals surface area (Å²) in [7, 11) is 0. The van der Waals surface area contributed by atoms with E-state index in [-0.39, 0.29) is 11.9 Å². The van der Waals surface area contributed by atoms with Crippen LogP contribution in [0.2, 0.25) is 0 Å². The van der Waals surface area contributed by atoms with Crippen molar-refractivity contribution in [1.29, 1.82) is 0 Å². The molecule has 3 aromatic carbocycles. The molecule has 0 atom stereocenters. The highest BCUT2D eigenvalue weighted by Gasteiger charge is 2.09. The van der Waals surface area contributed by atoms with Crippen molar-refractivity contribution in [1.82, 2.24) is 19.9 Å². The van der Waals surface area contributed by atoms with E-state index in [1.807, 2.05) is 42.6 Å². The highest BCUT2D eigenvalue weighted by atomic mass is 16.1. The van der Waals surface area contributed by atoms with Crippen LogP contribution in [0.5, 0.6) is 0 Å². The van der Waals surface area contributed by atoms with Crippen LogP contribution >= 0.6 is 0 Å². The van der Waals surface area contributed by atoms with Gasteiger partial charge in [-0.15, -0.1) is 0 Å². The molecule has 2 aromatic heterocycles. The van der Waals surface area contributed by atoms with Gasteiger partial charge in [0.05, 0.1) is 11.4 Å². The topological polar surface area (TPSA) is 160 Å². The molecule has 0 aliphatic rings. The Bertz CT molecular complexity index is 1530. The van der Waals surface area contributed by atoms with Crippen LogP contribution in [0.3, 0.4) is 0 Å². The first-order valence-electron chi connectivity index (χ1n) is 11.8. The lowest BCUT2D eigenvalue weighted by atomic mass is 10.1. The van der Waals surface area contributed by atoms with E-state index in [2.05, 4.69) is 48.0 Å². The molecule has 5 aromatic rings. The number of carbonyl (C=O) groups is 1. The number of aromatic amines is 1. The van der Waals surface area contributed by atoms with E-state index in [0.29, 0.717) is 41.9 Å². The summed E-state index contributed by atoms with van der Waals surface area (Å²) in [5, 5.41) is 10.4. The van der Waals surface area contributed by atoms with Crippen LogP contribution < -0.4 is 27.4 Å². The van der Waals surface area contributed by atoms with Crippen LogP contribution in [0.4, 0.5) is 29.2 Å². The highest BCUT2D eigenvalue weighted by Crippen LogP contribution is 2.19. The fourth-order valence-corrected chi connectivity index (χ4v) is 3.96. The van der Waals surface area contributed by atoms with E-state index in [1.54, 1.807) is 24.3 Å². The van der Waals surface area contributed by atoms with Gasteiger partial charge < -0.3 is 32.4 Å². The fraction of sp³-hybridized carbons (Fsp3) is 0.111. The van der Waals surface area contributed by atoms with Crippen molar-refractivity contribution in [3.63, 3.8) is 0 Å². The molecule has 0 bridgehead atoms. The van der Waals surface area contributed by atoms with Gasteiger partial charge in [-0.1, -0.05) is 42.5 Å². The molecule has 2 heterocycles. The number of rotatable bonds is 9. The van der Waals surface area contributed by atoms with Crippen molar-refractivity contribution in [3.8, 4) is 0 Å². The normalized spacial score (nSPS) is 10.8. The summed E-state index contributed by atoms with van der Waals surface area (Å²) in [6, 6.07) is 22.6. The number of nitrogens with zero attached hydrogens (tertiary/aromatic N) is 3. The molecule has 0 spiro atoms. The van der Waals surface area contributed by atoms with Gasteiger partial charge in [-0.05, 0) is 47.9 Å². The Labute approximate surface area is 213 Å². The minimum absolute atomic E-state index is 0.124. The predicted octanol–water partition coefficient (Wildman–Crippen LogP) is 4.04. The van der Waals surface area contributed by atoms with Crippen molar-refractivity contribution in [2.75, 3.05) is 34.0 Å². The van der Waals surface area contributed by atoms with E-state index < -0.39 is 0 Å². The summed E-state index contributed by atoms with van der Waals surface area (Å²) in [5.74, 6) is 0.663. The summed E-state index contributed by atoms with van der Waals surface area (Å²) in [6.45, 7) is 1.09. The van der Waals surface area contributed by atoms with E-state index in [9.17, 15) is 4.79 Å². The average molecular weight is 494 g/mol. The van der Waals surface area contributed by atoms with E-state index >= 15 is 0 Å². The van der Waals surface area contributed by atoms with Gasteiger partial charge in [-0.3, -0.25) is 4.79 Å². The lowest BCUT2D eigenvalue weighted by Gasteiger charge is -2.10. The Kier molecular flexibility index (Phi) is 6.80. The van der Waals surface area contributed by atoms with Gasteiger partial charge >= 0.3 is 0 Å². The van der Waals surface area contributed by atoms with E-state index in [1.165, 1.54) is 10.9 Å². The van der Waals surface area contributed by atoms with Gasteiger partial charge in [0.2, 0.25) is 17.8 Å². The molecule has 10 heteroatoms. The first-order chi connectivity index (χ1) is 18.0. The van der Waals surface area contributed by atoms with Gasteiger partial charge in [-0.25, -0.2) is 0 Å². The molecule has 186 valence electrons. The first kappa shape index (κ1) is 23.6. The van der Waals surface area contributed by atoms with Crippen molar-refractivity contribution in [3.05, 3.63) is 95.7 Å². The standard InChI is InChI=1S/C27H27N9O/c28-21-6-2-4-8-23(21)33-24(37)18-11-9-17(10-12-18)15-32-27-35-25(29)34-26(36-27)30-14-13-19-16-31-22-7-3-1-5-20(19)22/h1-12,16,31H,13-15,28H2,(H,33,37)(H4,29,30,32,34,35,36). The Balaban J connectivity index is 1.16. The molecule has 8 N–H and O–H groups in total. The predicted molar refractivity (Wildman–Crippen MR) is 147 cm³/mol. The van der Waals surface area contributed by atoms with E-state index in [0.717, 1.165) is 17.5 Å². The number of benzene rings is 3. The van der Waals surface area contributed by atoms with Gasteiger partial charge in [0.15, 0.2) is 0 Å². The number of para-hydroxylation sites is 3. The van der Waals surface area contributed by atoms with Crippen molar-refractivity contribution >= 4 is 46.0 Å². The Morgan fingerprint density at radius 1 is 0.838 bits per heavy atom. The molecule has 0 unspecified atom stereocenters. The van der Waals surface area contributed by atoms with Crippen molar-refractivity contribution in [2.45, 2.75) is 13.0 Å². The second-order valence-corrected chi connectivity index (χ2v) is 8.47. The molecule has 0 saturated heterocycles. The maximum Gasteiger partial charge on any atom is 0.255 e. The summed E-state index contributed by atoms with van der Waals surface area (Å²) in [5.41, 5.74) is 16.7. The number of nitrogen functional groups attached to an aromatic ring is 2. The molecule has 37 heavy (non-hydrogen) atoms. The maximum absolute atomic E-state index is 12.5. The zero-order valence-electron chi connectivity index (χ0n) is 20.0. The van der Waals surface area contributed by atoms with Gasteiger partial charge in [0.25, 0.3) is 5.91 Å². The number of nitrogens with one attached hydrogen (secondary N) is 4. The van der Waals surface area contributed by atoms with Crippen LogP contribution in [-0.4, -0.2) is 32.4 Å². The summed E-state index contributed by atoms with van der Waals surface area (Å²) < 4.78 is 0. The highest BCUT2D eigenvalue weighted by molar-refractivity contribution is 6.05. The van der Waals surface area contributed by atoms with E-state index in [4.69, 9.17) is 11.5 Å². The minimum Gasteiger partial charge on any atom is -0.397 e. The average Bonchev–Trinajstić information content (AvgIpc) is 3.32. The van der Waals surface area contributed by atoms with Crippen LogP contribution in [-0.2, 0) is 13.0 Å². The lowest BCUT2D eigenvalue weighted by Crippen LogP contribution is -2.14. The van der Waals surface area contributed by atoms with Gasteiger partial charge in [0.1, 0.15) is 0 Å². The van der Waals surface area contributed by atoms with Crippen LogP contribution in [0.25, 0.3) is 10.9 Å². The smallest absolute Gasteiger partial charge is 0.255 e. The molecule has 0 aliphatic carbocycles. The van der Waals surface area contributed by atoms with Crippen LogP contribution in [0.1, 0.15) is 21.5 Å². The molecule has 1 amide bonds. The number of fused-ring (bicyclic) bond motifs is 1. The fourth-order valence-electron chi connectivity index (χ4n) is 3.96. The molecule has 5 rings (SSSR count). The monoisotopic (exact) mass is 493 g/mol. The maximum atomic E-state index is 12.5. The lowest BCUT2D eigenvalue weighted by molar-refractivity contribution is 0.102. The van der Waals surface area contributed by atoms with Gasteiger partial charge in [-0.2, -0.15) is 15.0 Å². The number of aromatic nitrogens is 4. The molecular weight excluding hydrogens is 466 g/mol. The van der Waals surface area contributed by atoms with Crippen LogP contribution in [0, 0.1) is 0 Å². The molecule has 0 aliphatic heterocycles. The summed E-state index contributed by atoms with van der Waals surface area (Å²) >= 11 is 0. The molecule has 10 nitrogen and oxygen atoms in total. The largest absolute Gasteiger partial charge is 0.397 e. The Morgan fingerprint density at radius 2 is 1.57 bits per heavy atom. The third-order valence-electron chi connectivity index (χ3n) is 5.88. The molecular formula is C27H27N9O. The molecule has 0 saturated carbocycles. The third-order valence-corrected chi connectivity index (χ3v) is 5.88. The Morgan fingerprint density at radius 3 is 2.38 bits per heavy atom. The number of hydrogen-bond donors (Lipinski definition) is 6. The first-order valence-corrected chi connectivity index (χ1v) is 11.8. The number of nitrogens with two attached hydrogens (primary N) is 2. The van der Waals surface area contributed by atoms with Crippen molar-refractivity contribution in [2.24, 2.45) is 0 Å². The second kappa shape index (κ2) is 10.6. The summed E-state index contributed by atoms with van der Waals surface area (Å²) in [4.78, 5) is 28.6. The number of hydrogen-bond acceptors (Lipinski definition) is 8. The zero-order chi connectivity index (χ0) is 25.6. The quantitative estimate of drug-likeness (QED) is 0.168. The SMILES string of the molecule is Nc1nc(NCCc2c[nH]c3ccccc23)nc(NCc2ccc(C(=O)Nc3ccccc3N)cc2)n1. The summed E-state index contributed by atoms with van der Waals surface area (Å²) in [6.07, 6.45) is 2.82. The number of anilines is 5. The van der Waals surface area contributed by atoms with Crippen LogP contribution in [0.15, 0.2) is 79.0 Å². The molecule has 0 radical (unpaired) electrons. The minimum atomic E-state index is -0.231. The Hall–Kier alpha value is -5.12. The zero-order valence-corrected chi connectivity index (χ0v) is 20.0. The second-order valence-electron chi connectivity index (χ2n) is 8.47. The number of H-pyrrole nitrogens is 1. The van der Waals surface area contributed by atoms with Crippen molar-refractivity contribution < 1.29 is 4.79 Å².